The third-order valence-electron chi connectivity index (χ3n) is 9.45. The average Bonchev–Trinajstić information content (AvgIpc) is 3.32. The lowest BCUT2D eigenvalue weighted by Gasteiger charge is -2.60. The van der Waals surface area contributed by atoms with Gasteiger partial charge < -0.3 is 38.1 Å². The Morgan fingerprint density at radius 2 is 1.30 bits per heavy atom. The molecule has 0 radical (unpaired) electrons. The predicted octanol–water partition coefficient (Wildman–Crippen LogP) is 6.34. The van der Waals surface area contributed by atoms with Crippen molar-refractivity contribution < 1.29 is 52.3 Å². The molecule has 1 aliphatic heterocycles. The van der Waals surface area contributed by atoms with Gasteiger partial charge in [-0.2, -0.15) is 0 Å². The molecule has 0 aromatic heterocycles. The Balaban J connectivity index is 1.86. The second-order valence-electron chi connectivity index (χ2n) is 18.9. The van der Waals surface area contributed by atoms with Gasteiger partial charge in [-0.25, -0.2) is 29.5 Å². The van der Waals surface area contributed by atoms with Crippen LogP contribution < -0.4 is 25.4 Å². The zero-order valence-corrected chi connectivity index (χ0v) is 36.3. The minimum atomic E-state index is -1.01. The number of aliphatic imine (C=N–C) groups is 2. The van der Waals surface area contributed by atoms with Crippen molar-refractivity contribution in [3.05, 3.63) is 23.3 Å². The van der Waals surface area contributed by atoms with Gasteiger partial charge in [0, 0.05) is 18.7 Å². The molecule has 0 saturated heterocycles. The van der Waals surface area contributed by atoms with E-state index in [1.807, 2.05) is 20.2 Å². The number of guanidine groups is 1. The number of carbonyl (C=O) groups excluding carboxylic acids is 4. The normalized spacial score (nSPS) is 24.3. The van der Waals surface area contributed by atoms with Gasteiger partial charge in [0.2, 0.25) is 5.96 Å². The lowest BCUT2D eigenvalue weighted by atomic mass is 9.52. The van der Waals surface area contributed by atoms with E-state index >= 15 is 0 Å². The highest BCUT2D eigenvalue weighted by molar-refractivity contribution is 6.01. The zero-order chi connectivity index (χ0) is 43.1. The Morgan fingerprint density at radius 3 is 1.77 bits per heavy atom. The number of nitrogens with one attached hydrogen (secondary N) is 3. The van der Waals surface area contributed by atoms with Gasteiger partial charge in [-0.05, 0) is 135 Å². The fraction of sp³-hybridized carbons (Fsp3) is 0.700. The van der Waals surface area contributed by atoms with Gasteiger partial charge in [0.1, 0.15) is 28.5 Å². The number of benzene rings is 1. The van der Waals surface area contributed by atoms with Crippen molar-refractivity contribution in [2.75, 3.05) is 21.2 Å². The zero-order valence-electron chi connectivity index (χ0n) is 36.3. The predicted molar refractivity (Wildman–Crippen MR) is 212 cm³/mol. The summed E-state index contributed by atoms with van der Waals surface area (Å²) in [4.78, 5) is 63.0. The van der Waals surface area contributed by atoms with Crippen LogP contribution in [0.15, 0.2) is 22.1 Å². The van der Waals surface area contributed by atoms with Crippen molar-refractivity contribution in [1.29, 1.82) is 0 Å². The third kappa shape index (κ3) is 10.7. The van der Waals surface area contributed by atoms with Crippen LogP contribution in [0.2, 0.25) is 0 Å². The van der Waals surface area contributed by atoms with Gasteiger partial charge in [-0.15, -0.1) is 4.99 Å². The van der Waals surface area contributed by atoms with Crippen molar-refractivity contribution in [3.63, 3.8) is 0 Å². The van der Waals surface area contributed by atoms with Crippen LogP contribution in [0.1, 0.15) is 114 Å². The molecule has 57 heavy (non-hydrogen) atoms. The molecule has 4 rings (SSSR count). The standard InChI is InChI=1S/C40H62N6O11/c1-35(2,3)54-31(47)42-29(43-32(48)55-36(4,5)6)41-23-19-20-40(51-16)25(46(14)15)21-22-17-18-24(27-26(22)39(40,13)28(23)53-27)52-30(44-33(49)56-37(7,8)9)45-34(50)57-38(10,11)12/h17-18,23,25,28H,19-21H2,1-16H3,(H,44,45,49,50)(H2,41,42,43,47,48)/t23-,25?,28-,39?,40+/m0/s1. The molecule has 2 aliphatic carbocycles. The molecule has 1 aromatic rings. The maximum Gasteiger partial charge on any atom is 0.438 e. The summed E-state index contributed by atoms with van der Waals surface area (Å²) in [6, 6.07) is 2.30. The van der Waals surface area contributed by atoms with Crippen molar-refractivity contribution in [2.24, 2.45) is 9.98 Å². The van der Waals surface area contributed by atoms with Gasteiger partial charge in [0.05, 0.1) is 17.1 Å². The molecule has 1 aromatic carbocycles. The van der Waals surface area contributed by atoms with E-state index in [2.05, 4.69) is 32.8 Å². The van der Waals surface area contributed by atoms with E-state index in [1.165, 1.54) is 0 Å². The summed E-state index contributed by atoms with van der Waals surface area (Å²) < 4.78 is 41.5. The van der Waals surface area contributed by atoms with E-state index in [0.29, 0.717) is 25.0 Å². The summed E-state index contributed by atoms with van der Waals surface area (Å²) in [5, 5.41) is 7.62. The largest absolute Gasteiger partial charge is 0.483 e. The summed E-state index contributed by atoms with van der Waals surface area (Å²) in [6.07, 6.45) is -2.81. The first kappa shape index (κ1) is 45.1. The number of likely N-dealkylation sites (N-methyl/N-ethyl adjacent to an activating group) is 1. The third-order valence-corrected chi connectivity index (χ3v) is 9.45. The van der Waals surface area contributed by atoms with E-state index in [9.17, 15) is 19.2 Å². The Bertz CT molecular complexity index is 1750. The van der Waals surface area contributed by atoms with Gasteiger partial charge in [-0.1, -0.05) is 6.07 Å². The molecular weight excluding hydrogens is 740 g/mol. The summed E-state index contributed by atoms with van der Waals surface area (Å²) >= 11 is 0. The summed E-state index contributed by atoms with van der Waals surface area (Å²) in [5.41, 5.74) is -3.40. The molecule has 2 unspecified atom stereocenters. The van der Waals surface area contributed by atoms with Crippen LogP contribution >= 0.6 is 0 Å². The fourth-order valence-corrected chi connectivity index (χ4v) is 7.69. The average molecular weight is 803 g/mol. The van der Waals surface area contributed by atoms with Crippen molar-refractivity contribution in [2.45, 2.75) is 161 Å². The number of ether oxygens (including phenoxy) is 7. The molecule has 3 N–H and O–H groups in total. The molecule has 17 nitrogen and oxygen atoms in total. The molecule has 1 saturated carbocycles. The molecule has 4 amide bonds. The minimum absolute atomic E-state index is 0.105. The number of rotatable bonds is 4. The number of amidine groups is 1. The molecule has 3 aliphatic rings. The van der Waals surface area contributed by atoms with E-state index in [0.717, 1.165) is 11.1 Å². The van der Waals surface area contributed by atoms with Crippen molar-refractivity contribution >= 4 is 36.4 Å². The SMILES string of the molecule is CO[C@@]12CC[C@H](N=C(NC(=O)OC(C)(C)C)NC(=O)OC(C)(C)C)[C@@H]3Oc4c(OC(=NC(=O)OC(C)(C)C)NC(=O)OC(C)(C)C)ccc(c4C31C)CC2N(C)C. The first-order valence-corrected chi connectivity index (χ1v) is 19.1. The number of methoxy groups -OCH3 is 1. The Morgan fingerprint density at radius 1 is 0.789 bits per heavy atom. The lowest BCUT2D eigenvalue weighted by Crippen LogP contribution is -2.72. The van der Waals surface area contributed by atoms with Crippen LogP contribution in [0.4, 0.5) is 19.2 Å². The second-order valence-corrected chi connectivity index (χ2v) is 18.9. The molecule has 0 spiro atoms. The minimum Gasteiger partial charge on any atom is -0.483 e. The molecule has 1 heterocycles. The van der Waals surface area contributed by atoms with E-state index in [4.69, 9.17) is 38.2 Å². The smallest absolute Gasteiger partial charge is 0.438 e. The Labute approximate surface area is 335 Å². The quantitative estimate of drug-likeness (QED) is 0.174. The number of carbonyl (C=O) groups is 4. The van der Waals surface area contributed by atoms with Crippen LogP contribution in [0.5, 0.6) is 11.5 Å². The first-order chi connectivity index (χ1) is 26.0. The van der Waals surface area contributed by atoms with E-state index in [-0.39, 0.29) is 17.8 Å². The lowest BCUT2D eigenvalue weighted by molar-refractivity contribution is -0.168. The Kier molecular flexibility index (Phi) is 12.6. The number of nitrogens with zero attached hydrogens (tertiary/aromatic N) is 3. The monoisotopic (exact) mass is 802 g/mol. The summed E-state index contributed by atoms with van der Waals surface area (Å²) in [6.45, 7) is 22.5. The number of alkyl carbamates (subject to hydrolysis) is 3. The number of hydrogen-bond acceptors (Lipinski definition) is 13. The maximum atomic E-state index is 13.1. The van der Waals surface area contributed by atoms with Crippen LogP contribution in [-0.4, -0.2) is 109 Å². The van der Waals surface area contributed by atoms with Gasteiger partial charge in [-0.3, -0.25) is 10.6 Å². The van der Waals surface area contributed by atoms with E-state index in [1.54, 1.807) is 96.3 Å². The fourth-order valence-electron chi connectivity index (χ4n) is 7.69. The van der Waals surface area contributed by atoms with Crippen LogP contribution in [0.25, 0.3) is 0 Å². The second kappa shape index (κ2) is 16.0. The van der Waals surface area contributed by atoms with Crippen molar-refractivity contribution in [3.8, 4) is 11.5 Å². The van der Waals surface area contributed by atoms with Crippen LogP contribution in [-0.2, 0) is 35.5 Å². The maximum absolute atomic E-state index is 13.1. The van der Waals surface area contributed by atoms with Gasteiger partial charge >= 0.3 is 30.4 Å². The molecule has 17 heteroatoms. The van der Waals surface area contributed by atoms with Crippen LogP contribution in [0.3, 0.4) is 0 Å². The van der Waals surface area contributed by atoms with Gasteiger partial charge in [0.25, 0.3) is 0 Å². The first-order valence-electron chi connectivity index (χ1n) is 19.1. The molecule has 1 fully saturated rings. The molecule has 5 atom stereocenters. The molecular formula is C40H62N6O11. The summed E-state index contributed by atoms with van der Waals surface area (Å²) in [7, 11) is 5.69. The highest BCUT2D eigenvalue weighted by atomic mass is 16.6. The molecule has 0 bridgehead atoms. The highest BCUT2D eigenvalue weighted by Crippen LogP contribution is 2.63. The van der Waals surface area contributed by atoms with Crippen LogP contribution in [0, 0.1) is 0 Å². The highest BCUT2D eigenvalue weighted by Gasteiger charge is 2.70. The van der Waals surface area contributed by atoms with E-state index < -0.39 is 76.0 Å². The van der Waals surface area contributed by atoms with Crippen molar-refractivity contribution in [1.82, 2.24) is 20.9 Å². The number of amides is 4. The Hall–Kier alpha value is -4.64. The topological polar surface area (TPSA) is 197 Å². The molecule has 318 valence electrons. The summed E-state index contributed by atoms with van der Waals surface area (Å²) in [5.74, 6) is 0.268. The van der Waals surface area contributed by atoms with Gasteiger partial charge in [0.15, 0.2) is 11.5 Å². The number of hydrogen-bond donors (Lipinski definition) is 3.